The van der Waals surface area contributed by atoms with E-state index in [1.54, 1.807) is 18.2 Å². The molecule has 0 heterocycles. The van der Waals surface area contributed by atoms with Crippen molar-refractivity contribution >= 4 is 31.4 Å². The second kappa shape index (κ2) is 8.14. The highest BCUT2D eigenvalue weighted by atomic mass is 32.2. The zero-order valence-corrected chi connectivity index (χ0v) is 17.4. The number of sulfonamides is 2. The molecule has 0 aliphatic carbocycles. The molecule has 0 fully saturated rings. The average molecular weight is 433 g/mol. The van der Waals surface area contributed by atoms with E-state index in [4.69, 9.17) is 4.74 Å². The second-order valence-electron chi connectivity index (χ2n) is 6.26. The van der Waals surface area contributed by atoms with Gasteiger partial charge >= 0.3 is 0 Å². The van der Waals surface area contributed by atoms with Gasteiger partial charge in [-0.25, -0.2) is 16.8 Å². The summed E-state index contributed by atoms with van der Waals surface area (Å²) in [5.74, 6) is 0.267. The molecule has 3 aromatic carbocycles. The van der Waals surface area contributed by atoms with Crippen molar-refractivity contribution in [1.29, 1.82) is 0 Å². The lowest BCUT2D eigenvalue weighted by Crippen LogP contribution is -2.15. The normalized spacial score (nSPS) is 11.7. The average Bonchev–Trinajstić information content (AvgIpc) is 2.67. The number of hydrogen-bond acceptors (Lipinski definition) is 5. The topological polar surface area (TPSA) is 102 Å². The Morgan fingerprint density at radius 3 is 2.10 bits per heavy atom. The molecule has 0 aliphatic heterocycles. The summed E-state index contributed by atoms with van der Waals surface area (Å²) < 4.78 is 59.3. The van der Waals surface area contributed by atoms with Crippen molar-refractivity contribution in [3.8, 4) is 16.9 Å². The molecule has 3 rings (SSSR count). The van der Waals surface area contributed by atoms with Crippen LogP contribution in [0.5, 0.6) is 5.75 Å². The molecule has 3 aromatic rings. The molecule has 7 nitrogen and oxygen atoms in total. The highest BCUT2D eigenvalue weighted by molar-refractivity contribution is 7.93. The Morgan fingerprint density at radius 1 is 0.793 bits per heavy atom. The standard InChI is InChI=1S/C20H20N2O5S2/c1-27-19-13-12-16(14-18(19)22-28(2,23)24)21-29(25,26)20-11-7-6-10-17(20)15-8-4-3-5-9-15/h3-14,21-22H,1-2H3. The van der Waals surface area contributed by atoms with Crippen LogP contribution in [0.15, 0.2) is 77.7 Å². The zero-order valence-electron chi connectivity index (χ0n) is 15.8. The van der Waals surface area contributed by atoms with Gasteiger partial charge in [-0.1, -0.05) is 48.5 Å². The van der Waals surface area contributed by atoms with Gasteiger partial charge in [0.15, 0.2) is 0 Å². The van der Waals surface area contributed by atoms with Gasteiger partial charge in [0.1, 0.15) is 5.75 Å². The molecular formula is C20H20N2O5S2. The largest absolute Gasteiger partial charge is 0.495 e. The van der Waals surface area contributed by atoms with E-state index in [9.17, 15) is 16.8 Å². The van der Waals surface area contributed by atoms with Crippen molar-refractivity contribution in [2.75, 3.05) is 22.8 Å². The number of benzene rings is 3. The van der Waals surface area contributed by atoms with Crippen LogP contribution in [0.4, 0.5) is 11.4 Å². The Hall–Kier alpha value is -3.04. The van der Waals surface area contributed by atoms with Crippen molar-refractivity contribution < 1.29 is 21.6 Å². The van der Waals surface area contributed by atoms with E-state index in [1.807, 2.05) is 30.3 Å². The Balaban J connectivity index is 2.00. The molecule has 0 bridgehead atoms. The highest BCUT2D eigenvalue weighted by Gasteiger charge is 2.20. The molecule has 0 aromatic heterocycles. The Morgan fingerprint density at radius 2 is 1.45 bits per heavy atom. The third-order valence-corrected chi connectivity index (χ3v) is 6.04. The first-order valence-corrected chi connectivity index (χ1v) is 11.9. The minimum atomic E-state index is -3.94. The summed E-state index contributed by atoms with van der Waals surface area (Å²) in [5, 5.41) is 0. The van der Waals surface area contributed by atoms with Crippen LogP contribution in [0.1, 0.15) is 0 Å². The summed E-state index contributed by atoms with van der Waals surface area (Å²) in [6.07, 6.45) is 0.999. The number of ether oxygens (including phenoxy) is 1. The molecule has 0 aliphatic rings. The van der Waals surface area contributed by atoms with Crippen LogP contribution >= 0.6 is 0 Å². The first-order chi connectivity index (χ1) is 13.7. The summed E-state index contributed by atoms with van der Waals surface area (Å²) >= 11 is 0. The van der Waals surface area contributed by atoms with Crippen LogP contribution in [0.2, 0.25) is 0 Å². The van der Waals surface area contributed by atoms with Crippen LogP contribution in [0, 0.1) is 0 Å². The first kappa shape index (κ1) is 20.7. The van der Waals surface area contributed by atoms with E-state index in [1.165, 1.54) is 31.4 Å². The molecule has 29 heavy (non-hydrogen) atoms. The van der Waals surface area contributed by atoms with Crippen LogP contribution in [-0.4, -0.2) is 30.2 Å². The van der Waals surface area contributed by atoms with E-state index >= 15 is 0 Å². The predicted octanol–water partition coefficient (Wildman–Crippen LogP) is 3.53. The third kappa shape index (κ3) is 5.07. The molecule has 0 unspecified atom stereocenters. The molecular weight excluding hydrogens is 412 g/mol. The van der Waals surface area contributed by atoms with Crippen molar-refractivity contribution in [1.82, 2.24) is 0 Å². The predicted molar refractivity (Wildman–Crippen MR) is 114 cm³/mol. The molecule has 0 atom stereocenters. The first-order valence-electron chi connectivity index (χ1n) is 8.53. The summed E-state index contributed by atoms with van der Waals surface area (Å²) in [6, 6.07) is 20.2. The van der Waals surface area contributed by atoms with Crippen LogP contribution in [0.25, 0.3) is 11.1 Å². The Bertz CT molecular complexity index is 1220. The number of methoxy groups -OCH3 is 1. The third-order valence-electron chi connectivity index (χ3n) is 4.01. The smallest absolute Gasteiger partial charge is 0.262 e. The zero-order chi connectivity index (χ0) is 21.1. The fourth-order valence-corrected chi connectivity index (χ4v) is 4.66. The van der Waals surface area contributed by atoms with Crippen molar-refractivity contribution in [3.63, 3.8) is 0 Å². The lowest BCUT2D eigenvalue weighted by Gasteiger charge is -2.15. The molecule has 0 saturated carbocycles. The van der Waals surface area contributed by atoms with Crippen LogP contribution in [-0.2, 0) is 20.0 Å². The fraction of sp³-hybridized carbons (Fsp3) is 0.100. The monoisotopic (exact) mass is 432 g/mol. The van der Waals surface area contributed by atoms with Gasteiger partial charge in [0, 0.05) is 5.56 Å². The summed E-state index contributed by atoms with van der Waals surface area (Å²) in [7, 11) is -6.12. The van der Waals surface area contributed by atoms with E-state index in [-0.39, 0.29) is 22.0 Å². The van der Waals surface area contributed by atoms with Gasteiger partial charge in [-0.2, -0.15) is 0 Å². The SMILES string of the molecule is COc1ccc(NS(=O)(=O)c2ccccc2-c2ccccc2)cc1NS(C)(=O)=O. The van der Waals surface area contributed by atoms with E-state index in [2.05, 4.69) is 9.44 Å². The van der Waals surface area contributed by atoms with E-state index < -0.39 is 20.0 Å². The van der Waals surface area contributed by atoms with Crippen molar-refractivity contribution in [3.05, 3.63) is 72.8 Å². The van der Waals surface area contributed by atoms with Gasteiger partial charge in [0.05, 0.1) is 29.6 Å². The fourth-order valence-electron chi connectivity index (χ4n) is 2.82. The summed E-state index contributed by atoms with van der Waals surface area (Å²) in [5.41, 5.74) is 1.65. The van der Waals surface area contributed by atoms with Crippen LogP contribution < -0.4 is 14.2 Å². The van der Waals surface area contributed by atoms with Crippen LogP contribution in [0.3, 0.4) is 0 Å². The lowest BCUT2D eigenvalue weighted by atomic mass is 10.1. The Labute approximate surface area is 170 Å². The number of rotatable bonds is 7. The molecule has 0 saturated heterocycles. The Kier molecular flexibility index (Phi) is 5.81. The molecule has 9 heteroatoms. The van der Waals surface area contributed by atoms with Gasteiger partial charge in [0.2, 0.25) is 10.0 Å². The number of anilines is 2. The van der Waals surface area contributed by atoms with Crippen molar-refractivity contribution in [2.24, 2.45) is 0 Å². The molecule has 152 valence electrons. The van der Waals surface area contributed by atoms with Gasteiger partial charge in [-0.05, 0) is 29.8 Å². The highest BCUT2D eigenvalue weighted by Crippen LogP contribution is 2.32. The number of nitrogens with one attached hydrogen (secondary N) is 2. The molecule has 0 spiro atoms. The van der Waals surface area contributed by atoms with Gasteiger partial charge in [-0.3, -0.25) is 9.44 Å². The quantitative estimate of drug-likeness (QED) is 0.595. The van der Waals surface area contributed by atoms with Gasteiger partial charge < -0.3 is 4.74 Å². The maximum absolute atomic E-state index is 13.1. The van der Waals surface area contributed by atoms with E-state index in [0.717, 1.165) is 11.8 Å². The number of hydrogen-bond donors (Lipinski definition) is 2. The summed E-state index contributed by atoms with van der Waals surface area (Å²) in [6.45, 7) is 0. The molecule has 0 radical (unpaired) electrons. The lowest BCUT2D eigenvalue weighted by molar-refractivity contribution is 0.417. The van der Waals surface area contributed by atoms with E-state index in [0.29, 0.717) is 5.56 Å². The summed E-state index contributed by atoms with van der Waals surface area (Å²) in [4.78, 5) is 0.111. The molecule has 0 amide bonds. The maximum atomic E-state index is 13.1. The second-order valence-corrected chi connectivity index (χ2v) is 9.66. The van der Waals surface area contributed by atoms with Gasteiger partial charge in [-0.15, -0.1) is 0 Å². The van der Waals surface area contributed by atoms with Gasteiger partial charge in [0.25, 0.3) is 10.0 Å². The minimum absolute atomic E-state index is 0.111. The van der Waals surface area contributed by atoms with Crippen molar-refractivity contribution in [2.45, 2.75) is 4.90 Å². The maximum Gasteiger partial charge on any atom is 0.262 e. The minimum Gasteiger partial charge on any atom is -0.495 e. The molecule has 2 N–H and O–H groups in total.